The van der Waals surface area contributed by atoms with E-state index < -0.39 is 10.2 Å². The van der Waals surface area contributed by atoms with Crippen LogP contribution in [0.4, 0.5) is 0 Å². The lowest BCUT2D eigenvalue weighted by molar-refractivity contribution is 0.00272. The van der Waals surface area contributed by atoms with Gasteiger partial charge in [-0.25, -0.2) is 0 Å². The molecule has 0 aromatic rings. The first-order valence-corrected chi connectivity index (χ1v) is 8.11. The molecule has 7 heteroatoms. The van der Waals surface area contributed by atoms with E-state index in [4.69, 9.17) is 10.5 Å². The highest BCUT2D eigenvalue weighted by molar-refractivity contribution is 7.86. The lowest BCUT2D eigenvalue weighted by atomic mass is 10.2. The van der Waals surface area contributed by atoms with Crippen molar-refractivity contribution in [2.24, 2.45) is 5.73 Å². The molecule has 0 spiro atoms. The van der Waals surface area contributed by atoms with Crippen molar-refractivity contribution in [2.45, 2.75) is 31.8 Å². The highest BCUT2D eigenvalue weighted by Crippen LogP contribution is 2.18. The van der Waals surface area contributed by atoms with Crippen LogP contribution >= 0.6 is 0 Å². The Labute approximate surface area is 109 Å². The van der Waals surface area contributed by atoms with E-state index in [-0.39, 0.29) is 6.10 Å². The fraction of sp³-hybridized carbons (Fsp3) is 1.00. The quantitative estimate of drug-likeness (QED) is 0.773. The molecular formula is C11H23N3O3S. The first kappa shape index (κ1) is 14.2. The normalized spacial score (nSPS) is 29.1. The van der Waals surface area contributed by atoms with Crippen LogP contribution in [-0.2, 0) is 14.9 Å². The predicted octanol–water partition coefficient (Wildman–Crippen LogP) is -0.233. The average molecular weight is 277 g/mol. The van der Waals surface area contributed by atoms with Crippen LogP contribution in [0.25, 0.3) is 0 Å². The lowest BCUT2D eigenvalue weighted by Gasteiger charge is -2.34. The minimum Gasteiger partial charge on any atom is -0.374 e. The van der Waals surface area contributed by atoms with Crippen LogP contribution in [0.5, 0.6) is 0 Å². The molecule has 0 aromatic carbocycles. The van der Waals surface area contributed by atoms with Crippen LogP contribution in [0.3, 0.4) is 0 Å². The van der Waals surface area contributed by atoms with E-state index in [1.54, 1.807) is 4.31 Å². The molecule has 2 aliphatic heterocycles. The Hall–Kier alpha value is -0.210. The molecule has 1 unspecified atom stereocenters. The number of hydrogen-bond acceptors (Lipinski definition) is 4. The predicted molar refractivity (Wildman–Crippen MR) is 69.3 cm³/mol. The highest BCUT2D eigenvalue weighted by atomic mass is 32.2. The molecule has 2 N–H and O–H groups in total. The third-order valence-electron chi connectivity index (χ3n) is 3.58. The molecule has 2 saturated heterocycles. The van der Waals surface area contributed by atoms with Gasteiger partial charge in [0.15, 0.2) is 0 Å². The van der Waals surface area contributed by atoms with Gasteiger partial charge >= 0.3 is 0 Å². The standard InChI is InChI=1S/C11H23N3O3S/c12-9-11-10-14(7-8-17-11)18(15,16)13-5-3-1-2-4-6-13/h11H,1-10,12H2. The van der Waals surface area contributed by atoms with Crippen LogP contribution < -0.4 is 5.73 Å². The fourth-order valence-corrected chi connectivity index (χ4v) is 4.19. The van der Waals surface area contributed by atoms with Crippen LogP contribution in [0.2, 0.25) is 0 Å². The molecule has 0 aliphatic carbocycles. The fourth-order valence-electron chi connectivity index (χ4n) is 2.48. The largest absolute Gasteiger partial charge is 0.374 e. The number of hydrogen-bond donors (Lipinski definition) is 1. The van der Waals surface area contributed by atoms with Gasteiger partial charge in [-0.15, -0.1) is 0 Å². The van der Waals surface area contributed by atoms with Crippen molar-refractivity contribution in [3.8, 4) is 0 Å². The summed E-state index contributed by atoms with van der Waals surface area (Å²) in [4.78, 5) is 0. The molecule has 0 aromatic heterocycles. The van der Waals surface area contributed by atoms with Crippen LogP contribution in [0.15, 0.2) is 0 Å². The van der Waals surface area contributed by atoms with Gasteiger partial charge in [0, 0.05) is 32.7 Å². The second kappa shape index (κ2) is 6.29. The monoisotopic (exact) mass is 277 g/mol. The Bertz CT molecular complexity index is 353. The number of nitrogens with two attached hydrogens (primary N) is 1. The number of rotatable bonds is 3. The van der Waals surface area contributed by atoms with Crippen LogP contribution in [0, 0.1) is 0 Å². The second-order valence-electron chi connectivity index (χ2n) is 4.91. The molecule has 2 fully saturated rings. The molecule has 0 saturated carbocycles. The van der Waals surface area contributed by atoms with Gasteiger partial charge in [-0.3, -0.25) is 0 Å². The second-order valence-corrected chi connectivity index (χ2v) is 6.84. The number of ether oxygens (including phenoxy) is 1. The SMILES string of the molecule is NCC1CN(S(=O)(=O)N2CCCCCC2)CCO1. The first-order chi connectivity index (χ1) is 8.64. The third kappa shape index (κ3) is 3.21. The van der Waals surface area contributed by atoms with E-state index >= 15 is 0 Å². The summed E-state index contributed by atoms with van der Waals surface area (Å²) in [6.07, 6.45) is 4.01. The Morgan fingerprint density at radius 2 is 1.72 bits per heavy atom. The number of nitrogens with zero attached hydrogens (tertiary/aromatic N) is 2. The first-order valence-electron chi connectivity index (χ1n) is 6.71. The zero-order chi connectivity index (χ0) is 13.0. The van der Waals surface area contributed by atoms with Gasteiger partial charge in [0.1, 0.15) is 0 Å². The van der Waals surface area contributed by atoms with Gasteiger partial charge in [0.05, 0.1) is 12.7 Å². The van der Waals surface area contributed by atoms with E-state index in [1.165, 1.54) is 4.31 Å². The van der Waals surface area contributed by atoms with Crippen molar-refractivity contribution in [1.82, 2.24) is 8.61 Å². The number of morpholine rings is 1. The summed E-state index contributed by atoms with van der Waals surface area (Å²) in [6.45, 7) is 2.92. The highest BCUT2D eigenvalue weighted by Gasteiger charge is 2.33. The minimum atomic E-state index is -3.32. The molecule has 1 atom stereocenters. The van der Waals surface area contributed by atoms with Gasteiger partial charge in [0.2, 0.25) is 0 Å². The lowest BCUT2D eigenvalue weighted by Crippen LogP contribution is -2.52. The summed E-state index contributed by atoms with van der Waals surface area (Å²) in [7, 11) is -3.32. The van der Waals surface area contributed by atoms with E-state index in [2.05, 4.69) is 0 Å². The smallest absolute Gasteiger partial charge is 0.282 e. The zero-order valence-electron chi connectivity index (χ0n) is 10.8. The Morgan fingerprint density at radius 3 is 2.33 bits per heavy atom. The van der Waals surface area contributed by atoms with Crippen molar-refractivity contribution < 1.29 is 13.2 Å². The van der Waals surface area contributed by atoms with Gasteiger partial charge in [-0.05, 0) is 12.8 Å². The average Bonchev–Trinajstić information content (AvgIpc) is 2.68. The molecule has 0 amide bonds. The third-order valence-corrected chi connectivity index (χ3v) is 5.58. The topological polar surface area (TPSA) is 75.9 Å². The maximum Gasteiger partial charge on any atom is 0.282 e. The summed E-state index contributed by atoms with van der Waals surface area (Å²) < 4.78 is 33.6. The summed E-state index contributed by atoms with van der Waals surface area (Å²) in [5, 5.41) is 0. The Balaban J connectivity index is 2.04. The van der Waals surface area contributed by atoms with Gasteiger partial charge in [-0.2, -0.15) is 17.0 Å². The van der Waals surface area contributed by atoms with Crippen molar-refractivity contribution in [3.05, 3.63) is 0 Å². The molecule has 2 rings (SSSR count). The summed E-state index contributed by atoms with van der Waals surface area (Å²) in [6, 6.07) is 0. The van der Waals surface area contributed by atoms with Crippen LogP contribution in [0.1, 0.15) is 25.7 Å². The maximum absolute atomic E-state index is 12.5. The Kier molecular flexibility index (Phi) is 4.97. The Morgan fingerprint density at radius 1 is 1.06 bits per heavy atom. The molecule has 106 valence electrons. The summed E-state index contributed by atoms with van der Waals surface area (Å²) in [5.74, 6) is 0. The van der Waals surface area contributed by atoms with E-state index in [1.807, 2.05) is 0 Å². The van der Waals surface area contributed by atoms with Crippen molar-refractivity contribution in [2.75, 3.05) is 39.3 Å². The molecular weight excluding hydrogens is 254 g/mol. The minimum absolute atomic E-state index is 0.166. The molecule has 6 nitrogen and oxygen atoms in total. The van der Waals surface area contributed by atoms with Gasteiger partial charge < -0.3 is 10.5 Å². The molecule has 2 aliphatic rings. The van der Waals surface area contributed by atoms with Crippen molar-refractivity contribution >= 4 is 10.2 Å². The van der Waals surface area contributed by atoms with Crippen molar-refractivity contribution in [1.29, 1.82) is 0 Å². The van der Waals surface area contributed by atoms with E-state index in [9.17, 15) is 8.42 Å². The molecule has 0 bridgehead atoms. The molecule has 2 heterocycles. The molecule has 0 radical (unpaired) electrons. The summed E-state index contributed by atoms with van der Waals surface area (Å²) >= 11 is 0. The van der Waals surface area contributed by atoms with E-state index in [0.717, 1.165) is 25.7 Å². The summed E-state index contributed by atoms with van der Waals surface area (Å²) in [5.41, 5.74) is 5.55. The van der Waals surface area contributed by atoms with E-state index in [0.29, 0.717) is 39.3 Å². The van der Waals surface area contributed by atoms with Crippen molar-refractivity contribution in [3.63, 3.8) is 0 Å². The van der Waals surface area contributed by atoms with Crippen LogP contribution in [-0.4, -0.2) is 62.5 Å². The zero-order valence-corrected chi connectivity index (χ0v) is 11.6. The maximum atomic E-state index is 12.5. The molecule has 18 heavy (non-hydrogen) atoms. The van der Waals surface area contributed by atoms with Gasteiger partial charge in [0.25, 0.3) is 10.2 Å². The van der Waals surface area contributed by atoms with Gasteiger partial charge in [-0.1, -0.05) is 12.8 Å².